The third-order valence-electron chi connectivity index (χ3n) is 6.69. The molecule has 0 radical (unpaired) electrons. The number of benzene rings is 1. The molecule has 42 heavy (non-hydrogen) atoms. The van der Waals surface area contributed by atoms with Crippen molar-refractivity contribution in [1.82, 2.24) is 15.5 Å². The summed E-state index contributed by atoms with van der Waals surface area (Å²) >= 11 is 0. The van der Waals surface area contributed by atoms with Gasteiger partial charge >= 0.3 is 5.97 Å². The van der Waals surface area contributed by atoms with Crippen molar-refractivity contribution in [2.24, 2.45) is 38.7 Å². The summed E-state index contributed by atoms with van der Waals surface area (Å²) < 4.78 is 0. The maximum atomic E-state index is 13.4. The van der Waals surface area contributed by atoms with Gasteiger partial charge in [-0.2, -0.15) is 0 Å². The number of hydrogen-bond donors (Lipinski definition) is 9. The fourth-order valence-electron chi connectivity index (χ4n) is 4.54. The van der Waals surface area contributed by atoms with Crippen molar-refractivity contribution in [3.05, 3.63) is 29.8 Å². The molecule has 3 amide bonds. The molecule has 1 aliphatic heterocycles. The molecule has 0 aliphatic carbocycles. The van der Waals surface area contributed by atoms with Crippen molar-refractivity contribution >= 4 is 35.6 Å². The van der Waals surface area contributed by atoms with E-state index in [-0.39, 0.29) is 43.5 Å². The summed E-state index contributed by atoms with van der Waals surface area (Å²) in [6.45, 7) is 0.814. The SMILES string of the molecule is NC(N)=NCCCC(N)C(=O)N1CCCC1C(=O)NC(Cc1ccc(O)cc1)C(=O)NC(CCCN=C(N)N)C(=O)O. The Morgan fingerprint density at radius 3 is 2.10 bits per heavy atom. The Labute approximate surface area is 243 Å². The van der Waals surface area contributed by atoms with Crippen LogP contribution in [0, 0.1) is 0 Å². The minimum atomic E-state index is -1.26. The molecule has 1 fully saturated rings. The highest BCUT2D eigenvalue weighted by Crippen LogP contribution is 2.20. The molecule has 14 N–H and O–H groups in total. The van der Waals surface area contributed by atoms with E-state index in [1.165, 1.54) is 17.0 Å². The number of rotatable bonds is 16. The van der Waals surface area contributed by atoms with Gasteiger partial charge in [0, 0.05) is 26.1 Å². The van der Waals surface area contributed by atoms with Crippen LogP contribution < -0.4 is 39.3 Å². The van der Waals surface area contributed by atoms with E-state index in [0.29, 0.717) is 44.3 Å². The number of aliphatic imine (C=N–C) groups is 2. The molecular formula is C26H42N10O6. The zero-order chi connectivity index (χ0) is 31.2. The van der Waals surface area contributed by atoms with Gasteiger partial charge in [0.1, 0.15) is 23.9 Å². The number of likely N-dealkylation sites (tertiary alicyclic amines) is 1. The lowest BCUT2D eigenvalue weighted by atomic mass is 10.0. The lowest BCUT2D eigenvalue weighted by molar-refractivity contribution is -0.143. The summed E-state index contributed by atoms with van der Waals surface area (Å²) in [4.78, 5) is 60.7. The summed E-state index contributed by atoms with van der Waals surface area (Å²) in [7, 11) is 0. The predicted octanol–water partition coefficient (Wildman–Crippen LogP) is -2.59. The molecule has 0 bridgehead atoms. The molecule has 4 unspecified atom stereocenters. The first-order valence-corrected chi connectivity index (χ1v) is 13.7. The maximum Gasteiger partial charge on any atom is 0.326 e. The van der Waals surface area contributed by atoms with Gasteiger partial charge in [0.15, 0.2) is 11.9 Å². The number of phenols is 1. The number of carboxylic acids is 1. The topological polar surface area (TPSA) is 291 Å². The van der Waals surface area contributed by atoms with Crippen LogP contribution in [0.2, 0.25) is 0 Å². The van der Waals surface area contributed by atoms with Crippen LogP contribution in [0.5, 0.6) is 5.75 Å². The Bertz CT molecular complexity index is 1130. The standard InChI is InChI=1S/C26H42N10O6/c27-17(4-1-11-32-25(28)29)23(40)36-13-3-6-20(36)22(39)35-19(14-15-7-9-16(37)10-8-15)21(38)34-18(24(41)42)5-2-12-33-26(30)31/h7-10,17-20,37H,1-6,11-14,27H2,(H,34,38)(H,35,39)(H,41,42)(H4,28,29,32)(H4,30,31,33). The summed E-state index contributed by atoms with van der Waals surface area (Å²) in [6.07, 6.45) is 2.06. The Morgan fingerprint density at radius 1 is 0.929 bits per heavy atom. The molecule has 232 valence electrons. The lowest BCUT2D eigenvalue weighted by Crippen LogP contribution is -2.57. The van der Waals surface area contributed by atoms with Crippen LogP contribution >= 0.6 is 0 Å². The quantitative estimate of drug-likeness (QED) is 0.0547. The van der Waals surface area contributed by atoms with Gasteiger partial charge in [-0.3, -0.25) is 24.4 Å². The molecule has 1 aromatic carbocycles. The summed E-state index contributed by atoms with van der Waals surface area (Å²) in [5, 5.41) is 24.4. The first kappa shape index (κ1) is 33.6. The van der Waals surface area contributed by atoms with E-state index in [0.717, 1.165) is 0 Å². The number of guanidine groups is 2. The van der Waals surface area contributed by atoms with E-state index < -0.39 is 47.9 Å². The number of hydrogen-bond acceptors (Lipinski definition) is 8. The summed E-state index contributed by atoms with van der Waals surface area (Å²) in [6, 6.07) is 1.88. The molecule has 1 aliphatic rings. The maximum absolute atomic E-state index is 13.4. The van der Waals surface area contributed by atoms with E-state index >= 15 is 0 Å². The van der Waals surface area contributed by atoms with Crippen LogP contribution in [-0.2, 0) is 25.6 Å². The van der Waals surface area contributed by atoms with Crippen molar-refractivity contribution < 1.29 is 29.4 Å². The molecule has 1 heterocycles. The Morgan fingerprint density at radius 2 is 1.52 bits per heavy atom. The lowest BCUT2D eigenvalue weighted by Gasteiger charge is -2.28. The Balaban J connectivity index is 2.14. The number of aliphatic carboxylic acids is 1. The van der Waals surface area contributed by atoms with Crippen molar-refractivity contribution in [1.29, 1.82) is 0 Å². The highest BCUT2D eigenvalue weighted by atomic mass is 16.4. The molecule has 0 aromatic heterocycles. The van der Waals surface area contributed by atoms with Crippen molar-refractivity contribution in [3.63, 3.8) is 0 Å². The van der Waals surface area contributed by atoms with Crippen LogP contribution in [0.15, 0.2) is 34.3 Å². The fraction of sp³-hybridized carbons (Fsp3) is 0.538. The van der Waals surface area contributed by atoms with E-state index in [2.05, 4.69) is 20.6 Å². The minimum Gasteiger partial charge on any atom is -0.508 e. The zero-order valence-electron chi connectivity index (χ0n) is 23.4. The van der Waals surface area contributed by atoms with Gasteiger partial charge in [-0.1, -0.05) is 12.1 Å². The molecule has 0 spiro atoms. The van der Waals surface area contributed by atoms with Gasteiger partial charge in [-0.15, -0.1) is 0 Å². The number of aromatic hydroxyl groups is 1. The molecule has 16 heteroatoms. The average molecular weight is 591 g/mol. The second kappa shape index (κ2) is 16.6. The monoisotopic (exact) mass is 590 g/mol. The van der Waals surface area contributed by atoms with Gasteiger partial charge in [0.05, 0.1) is 6.04 Å². The molecule has 1 aromatic rings. The molecule has 0 saturated carbocycles. The van der Waals surface area contributed by atoms with Crippen LogP contribution in [0.1, 0.15) is 44.1 Å². The van der Waals surface area contributed by atoms with Crippen LogP contribution in [0.3, 0.4) is 0 Å². The molecular weight excluding hydrogens is 548 g/mol. The van der Waals surface area contributed by atoms with Gasteiger partial charge in [-0.05, 0) is 56.2 Å². The van der Waals surface area contributed by atoms with Crippen molar-refractivity contribution in [2.75, 3.05) is 19.6 Å². The largest absolute Gasteiger partial charge is 0.508 e. The van der Waals surface area contributed by atoms with Gasteiger partial charge in [0.25, 0.3) is 0 Å². The Kier molecular flexibility index (Phi) is 13.3. The predicted molar refractivity (Wildman–Crippen MR) is 156 cm³/mol. The number of nitrogens with one attached hydrogen (secondary N) is 2. The number of carboxylic acid groups (broad SMARTS) is 1. The number of carbonyl (C=O) groups excluding carboxylic acids is 3. The average Bonchev–Trinajstić information content (AvgIpc) is 3.42. The highest BCUT2D eigenvalue weighted by Gasteiger charge is 2.38. The molecule has 16 nitrogen and oxygen atoms in total. The van der Waals surface area contributed by atoms with Crippen LogP contribution in [-0.4, -0.2) is 94.5 Å². The third-order valence-corrected chi connectivity index (χ3v) is 6.69. The number of nitrogens with two attached hydrogens (primary N) is 5. The zero-order valence-corrected chi connectivity index (χ0v) is 23.4. The first-order valence-electron chi connectivity index (χ1n) is 13.7. The van der Waals surface area contributed by atoms with Crippen LogP contribution in [0.25, 0.3) is 0 Å². The molecule has 2 rings (SSSR count). The first-order chi connectivity index (χ1) is 19.9. The van der Waals surface area contributed by atoms with Crippen molar-refractivity contribution in [2.45, 2.75) is 69.1 Å². The van der Waals surface area contributed by atoms with E-state index in [9.17, 15) is 29.4 Å². The minimum absolute atomic E-state index is 0.00314. The smallest absolute Gasteiger partial charge is 0.326 e. The second-order valence-electron chi connectivity index (χ2n) is 10.0. The summed E-state index contributed by atoms with van der Waals surface area (Å²) in [5.74, 6) is -3.12. The van der Waals surface area contributed by atoms with E-state index in [1.54, 1.807) is 12.1 Å². The van der Waals surface area contributed by atoms with E-state index in [1.807, 2.05) is 0 Å². The Hall–Kier alpha value is -4.60. The number of amides is 3. The molecule has 1 saturated heterocycles. The summed E-state index contributed by atoms with van der Waals surface area (Å²) in [5.41, 5.74) is 27.9. The van der Waals surface area contributed by atoms with E-state index in [4.69, 9.17) is 28.7 Å². The number of nitrogens with zero attached hydrogens (tertiary/aromatic N) is 3. The fourth-order valence-corrected chi connectivity index (χ4v) is 4.54. The van der Waals surface area contributed by atoms with Gasteiger partial charge in [0.2, 0.25) is 17.7 Å². The molecule has 4 atom stereocenters. The second-order valence-corrected chi connectivity index (χ2v) is 10.0. The van der Waals surface area contributed by atoms with Gasteiger partial charge < -0.3 is 54.4 Å². The highest BCUT2D eigenvalue weighted by molar-refractivity contribution is 5.94. The third kappa shape index (κ3) is 11.1. The number of carbonyl (C=O) groups is 4. The van der Waals surface area contributed by atoms with Crippen LogP contribution in [0.4, 0.5) is 0 Å². The normalized spacial score (nSPS) is 16.5. The number of phenolic OH excluding ortho intramolecular Hbond substituents is 1. The van der Waals surface area contributed by atoms with Gasteiger partial charge in [-0.25, -0.2) is 4.79 Å². The van der Waals surface area contributed by atoms with Crippen molar-refractivity contribution in [3.8, 4) is 5.75 Å².